The molecule has 0 aliphatic rings. The molecule has 7 heteroatoms. The third-order valence-electron chi connectivity index (χ3n) is 1.06. The second-order valence-corrected chi connectivity index (χ2v) is 2.43. The van der Waals surface area contributed by atoms with Gasteiger partial charge in [-0.1, -0.05) is 11.6 Å². The lowest BCUT2D eigenvalue weighted by atomic mass is 10.4. The molecule has 0 saturated carbocycles. The van der Waals surface area contributed by atoms with Gasteiger partial charge < -0.3 is 10.5 Å². The number of nitrogen functional groups attached to an aromatic ring is 1. The fraction of sp³-hybridized carbons (Fsp3) is 0.167. The normalized spacial score (nSPS) is 11.4. The summed E-state index contributed by atoms with van der Waals surface area (Å²) in [6, 6.07) is 2.16. The monoisotopic (exact) mass is 212 g/mol. The summed E-state index contributed by atoms with van der Waals surface area (Å²) in [4.78, 5) is 3.38. The summed E-state index contributed by atoms with van der Waals surface area (Å²) >= 11 is 5.32. The zero-order valence-corrected chi connectivity index (χ0v) is 6.86. The number of pyridine rings is 1. The molecule has 0 atom stereocenters. The van der Waals surface area contributed by atoms with Crippen LogP contribution in [0.5, 0.6) is 5.75 Å². The molecule has 0 spiro atoms. The third-order valence-corrected chi connectivity index (χ3v) is 1.33. The van der Waals surface area contributed by atoms with Crippen molar-refractivity contribution >= 4 is 17.4 Å². The summed E-state index contributed by atoms with van der Waals surface area (Å²) < 4.78 is 38.6. The van der Waals surface area contributed by atoms with Gasteiger partial charge in [0.15, 0.2) is 10.9 Å². The van der Waals surface area contributed by atoms with Crippen LogP contribution >= 0.6 is 11.6 Å². The molecule has 0 amide bonds. The number of ether oxygens (including phenoxy) is 1. The molecule has 13 heavy (non-hydrogen) atoms. The van der Waals surface area contributed by atoms with Crippen molar-refractivity contribution in [2.24, 2.45) is 0 Å². The van der Waals surface area contributed by atoms with Crippen LogP contribution in [-0.4, -0.2) is 11.3 Å². The molecular weight excluding hydrogens is 209 g/mol. The van der Waals surface area contributed by atoms with Crippen LogP contribution in [0.3, 0.4) is 0 Å². The highest BCUT2D eigenvalue weighted by molar-refractivity contribution is 6.30. The van der Waals surface area contributed by atoms with Crippen molar-refractivity contribution in [2.45, 2.75) is 6.36 Å². The summed E-state index contributed by atoms with van der Waals surface area (Å²) in [5, 5.41) is -0.419. The number of hydrogen-bond acceptors (Lipinski definition) is 3. The minimum atomic E-state index is -4.78. The average Bonchev–Trinajstić information content (AvgIpc) is 1.93. The molecule has 0 radical (unpaired) electrons. The van der Waals surface area contributed by atoms with Gasteiger partial charge in [0, 0.05) is 0 Å². The molecule has 0 bridgehead atoms. The standard InChI is InChI=1S/C6H4ClF3N2O/c7-5-3(13-6(8,9)10)1-2-4(11)12-5/h1-2H,(H2,11,12). The summed E-state index contributed by atoms with van der Waals surface area (Å²) in [5.74, 6) is -0.539. The second kappa shape index (κ2) is 3.29. The topological polar surface area (TPSA) is 48.1 Å². The first kappa shape index (κ1) is 9.91. The zero-order valence-electron chi connectivity index (χ0n) is 6.10. The molecule has 0 aliphatic carbocycles. The Kier molecular flexibility index (Phi) is 2.51. The molecule has 1 heterocycles. The molecular formula is C6H4ClF3N2O. The van der Waals surface area contributed by atoms with Crippen molar-refractivity contribution in [3.05, 3.63) is 17.3 Å². The molecule has 0 aliphatic heterocycles. The van der Waals surface area contributed by atoms with Gasteiger partial charge in [0.05, 0.1) is 0 Å². The van der Waals surface area contributed by atoms with E-state index >= 15 is 0 Å². The Bertz CT molecular complexity index is 315. The van der Waals surface area contributed by atoms with E-state index in [1.807, 2.05) is 0 Å². The van der Waals surface area contributed by atoms with Crippen LogP contribution in [-0.2, 0) is 0 Å². The molecule has 2 N–H and O–H groups in total. The summed E-state index contributed by atoms with van der Waals surface area (Å²) in [6.45, 7) is 0. The van der Waals surface area contributed by atoms with E-state index in [0.717, 1.165) is 12.1 Å². The molecule has 1 aromatic heterocycles. The van der Waals surface area contributed by atoms with Crippen LogP contribution in [0.4, 0.5) is 19.0 Å². The maximum absolute atomic E-state index is 11.7. The van der Waals surface area contributed by atoms with Crippen LogP contribution in [0.15, 0.2) is 12.1 Å². The number of rotatable bonds is 1. The van der Waals surface area contributed by atoms with E-state index in [9.17, 15) is 13.2 Å². The van der Waals surface area contributed by atoms with Gasteiger partial charge in [-0.25, -0.2) is 4.98 Å². The van der Waals surface area contributed by atoms with Crippen molar-refractivity contribution in [3.63, 3.8) is 0 Å². The van der Waals surface area contributed by atoms with Gasteiger partial charge in [-0.05, 0) is 12.1 Å². The van der Waals surface area contributed by atoms with Crippen molar-refractivity contribution in [1.29, 1.82) is 0 Å². The number of aromatic nitrogens is 1. The van der Waals surface area contributed by atoms with Crippen LogP contribution in [0.2, 0.25) is 5.15 Å². The second-order valence-electron chi connectivity index (χ2n) is 2.07. The number of halogens is 4. The number of nitrogens with two attached hydrogens (primary N) is 1. The lowest BCUT2D eigenvalue weighted by Gasteiger charge is -2.09. The van der Waals surface area contributed by atoms with Crippen molar-refractivity contribution in [2.75, 3.05) is 5.73 Å². The fourth-order valence-electron chi connectivity index (χ4n) is 0.636. The molecule has 1 rings (SSSR count). The molecule has 0 saturated heterocycles. The van der Waals surface area contributed by atoms with Crippen molar-refractivity contribution in [1.82, 2.24) is 4.98 Å². The van der Waals surface area contributed by atoms with E-state index in [4.69, 9.17) is 17.3 Å². The number of alkyl halides is 3. The lowest BCUT2D eigenvalue weighted by molar-refractivity contribution is -0.274. The van der Waals surface area contributed by atoms with Gasteiger partial charge in [0.2, 0.25) is 0 Å². The van der Waals surface area contributed by atoms with Crippen LogP contribution in [0.25, 0.3) is 0 Å². The maximum Gasteiger partial charge on any atom is 0.573 e. The molecule has 0 unspecified atom stereocenters. The van der Waals surface area contributed by atoms with E-state index in [-0.39, 0.29) is 5.82 Å². The van der Waals surface area contributed by atoms with E-state index in [0.29, 0.717) is 0 Å². The Labute approximate surface area is 76.3 Å². The Hall–Kier alpha value is -1.17. The van der Waals surface area contributed by atoms with Crippen molar-refractivity contribution in [3.8, 4) is 5.75 Å². The van der Waals surface area contributed by atoms with Gasteiger partial charge >= 0.3 is 6.36 Å². The Morgan fingerprint density at radius 3 is 2.46 bits per heavy atom. The summed E-state index contributed by atoms with van der Waals surface area (Å²) in [6.07, 6.45) is -4.78. The largest absolute Gasteiger partial charge is 0.573 e. The first-order valence-corrected chi connectivity index (χ1v) is 3.44. The average molecular weight is 213 g/mol. The molecule has 3 nitrogen and oxygen atoms in total. The summed E-state index contributed by atoms with van der Waals surface area (Å²) in [5.41, 5.74) is 5.16. The number of hydrogen-bond donors (Lipinski definition) is 1. The number of anilines is 1. The molecule has 0 fully saturated rings. The summed E-state index contributed by atoms with van der Waals surface area (Å²) in [7, 11) is 0. The predicted molar refractivity (Wildman–Crippen MR) is 40.3 cm³/mol. The fourth-order valence-corrected chi connectivity index (χ4v) is 0.836. The minimum Gasteiger partial charge on any atom is -0.402 e. The third kappa shape index (κ3) is 2.98. The van der Waals surface area contributed by atoms with Crippen LogP contribution in [0.1, 0.15) is 0 Å². The smallest absolute Gasteiger partial charge is 0.402 e. The first-order valence-electron chi connectivity index (χ1n) is 3.06. The SMILES string of the molecule is Nc1ccc(OC(F)(F)F)c(Cl)n1. The van der Waals surface area contributed by atoms with E-state index < -0.39 is 17.3 Å². The highest BCUT2D eigenvalue weighted by Gasteiger charge is 2.32. The lowest BCUT2D eigenvalue weighted by Crippen LogP contribution is -2.17. The predicted octanol–water partition coefficient (Wildman–Crippen LogP) is 2.22. The molecule has 1 aromatic rings. The van der Waals surface area contributed by atoms with Gasteiger partial charge in [-0.15, -0.1) is 13.2 Å². The van der Waals surface area contributed by atoms with Crippen molar-refractivity contribution < 1.29 is 17.9 Å². The zero-order chi connectivity index (χ0) is 10.1. The van der Waals surface area contributed by atoms with Gasteiger partial charge in [-0.3, -0.25) is 0 Å². The molecule has 72 valence electrons. The maximum atomic E-state index is 11.7. The van der Waals surface area contributed by atoms with Crippen LogP contribution in [0, 0.1) is 0 Å². The van der Waals surface area contributed by atoms with Crippen LogP contribution < -0.4 is 10.5 Å². The van der Waals surface area contributed by atoms with Gasteiger partial charge in [-0.2, -0.15) is 0 Å². The Morgan fingerprint density at radius 1 is 1.38 bits per heavy atom. The Balaban J connectivity index is 2.90. The first-order chi connectivity index (χ1) is 5.88. The van der Waals surface area contributed by atoms with E-state index in [1.165, 1.54) is 0 Å². The van der Waals surface area contributed by atoms with Gasteiger partial charge in [0.25, 0.3) is 0 Å². The van der Waals surface area contributed by atoms with Gasteiger partial charge in [0.1, 0.15) is 5.82 Å². The highest BCUT2D eigenvalue weighted by atomic mass is 35.5. The van der Waals surface area contributed by atoms with E-state index in [1.54, 1.807) is 0 Å². The quantitative estimate of drug-likeness (QED) is 0.726. The highest BCUT2D eigenvalue weighted by Crippen LogP contribution is 2.28. The minimum absolute atomic E-state index is 0.0273. The Morgan fingerprint density at radius 2 is 2.00 bits per heavy atom. The number of nitrogens with zero attached hydrogens (tertiary/aromatic N) is 1. The molecule has 0 aromatic carbocycles. The van der Waals surface area contributed by atoms with E-state index in [2.05, 4.69) is 9.72 Å².